The van der Waals surface area contributed by atoms with E-state index in [4.69, 9.17) is 14.6 Å². The predicted molar refractivity (Wildman–Crippen MR) is 93.9 cm³/mol. The molecule has 2 rings (SSSR count). The third-order valence-corrected chi connectivity index (χ3v) is 4.41. The van der Waals surface area contributed by atoms with Crippen molar-refractivity contribution in [3.63, 3.8) is 0 Å². The minimum Gasteiger partial charge on any atom is -0.493 e. The normalized spacial score (nSPS) is 19.7. The molecule has 1 aliphatic carbocycles. The summed E-state index contributed by atoms with van der Waals surface area (Å²) in [6, 6.07) is 5.57. The van der Waals surface area contributed by atoms with Gasteiger partial charge in [0.25, 0.3) is 5.91 Å². The van der Waals surface area contributed by atoms with Crippen LogP contribution in [0.4, 0.5) is 0 Å². The molecule has 6 heteroatoms. The monoisotopic (exact) mass is 347 g/mol. The topological polar surface area (TPSA) is 84.9 Å². The summed E-state index contributed by atoms with van der Waals surface area (Å²) in [5.74, 6) is -0.159. The molecule has 2 N–H and O–H groups in total. The Morgan fingerprint density at radius 1 is 1.28 bits per heavy atom. The number of hydrogen-bond acceptors (Lipinski definition) is 4. The van der Waals surface area contributed by atoms with Crippen LogP contribution in [-0.4, -0.2) is 36.7 Å². The number of carboxylic acids is 1. The van der Waals surface area contributed by atoms with Crippen molar-refractivity contribution in [1.29, 1.82) is 0 Å². The highest BCUT2D eigenvalue weighted by atomic mass is 16.5. The molecule has 0 bridgehead atoms. The van der Waals surface area contributed by atoms with E-state index in [0.717, 1.165) is 12.0 Å². The minimum atomic E-state index is -0.750. The summed E-state index contributed by atoms with van der Waals surface area (Å²) >= 11 is 0. The maximum absolute atomic E-state index is 12.1. The fraction of sp³-hybridized carbons (Fsp3) is 0.474. The van der Waals surface area contributed by atoms with Gasteiger partial charge in [-0.3, -0.25) is 9.59 Å². The van der Waals surface area contributed by atoms with Crippen LogP contribution in [-0.2, 0) is 16.0 Å². The first kappa shape index (κ1) is 18.8. The van der Waals surface area contributed by atoms with E-state index in [9.17, 15) is 9.59 Å². The van der Waals surface area contributed by atoms with Crippen LogP contribution < -0.4 is 14.8 Å². The van der Waals surface area contributed by atoms with Crippen molar-refractivity contribution in [2.24, 2.45) is 5.92 Å². The van der Waals surface area contributed by atoms with Crippen LogP contribution in [0.25, 0.3) is 0 Å². The molecule has 0 aromatic heterocycles. The predicted octanol–water partition coefficient (Wildman–Crippen LogP) is 2.56. The lowest BCUT2D eigenvalue weighted by Crippen LogP contribution is -2.40. The van der Waals surface area contributed by atoms with Gasteiger partial charge in [0.2, 0.25) is 0 Å². The lowest BCUT2D eigenvalue weighted by atomic mass is 9.86. The summed E-state index contributed by atoms with van der Waals surface area (Å²) in [5.41, 5.74) is 1.05. The molecule has 0 heterocycles. The summed E-state index contributed by atoms with van der Waals surface area (Å²) in [4.78, 5) is 23.0. The lowest BCUT2D eigenvalue weighted by molar-refractivity contribution is -0.142. The van der Waals surface area contributed by atoms with Gasteiger partial charge in [-0.25, -0.2) is 0 Å². The number of rotatable bonds is 8. The van der Waals surface area contributed by atoms with Crippen LogP contribution in [0.3, 0.4) is 0 Å². The van der Waals surface area contributed by atoms with Gasteiger partial charge in [-0.1, -0.05) is 12.1 Å². The van der Waals surface area contributed by atoms with E-state index in [1.54, 1.807) is 13.2 Å². The largest absolute Gasteiger partial charge is 0.493 e. The van der Waals surface area contributed by atoms with Crippen LogP contribution in [0.1, 0.15) is 31.2 Å². The van der Waals surface area contributed by atoms with Crippen LogP contribution in [0, 0.1) is 5.92 Å². The Kier molecular flexibility index (Phi) is 6.86. The first-order valence-electron chi connectivity index (χ1n) is 8.46. The third kappa shape index (κ3) is 5.52. The molecule has 1 fully saturated rings. The molecule has 1 aromatic rings. The van der Waals surface area contributed by atoms with Crippen molar-refractivity contribution < 1.29 is 24.2 Å². The molecule has 136 valence electrons. The second-order valence-electron chi connectivity index (χ2n) is 6.22. The molecule has 0 atom stereocenters. The number of ether oxygens (including phenoxy) is 2. The standard InChI is InChI=1S/C19H25NO5/c1-3-4-13-5-10-16(17(11-13)24-2)25-12-18(21)20-15-8-6-14(7-9-15)19(22)23/h3,5,10-11,14-15H,1,4,6-9,12H2,2H3,(H,20,21)(H,22,23). The Bertz CT molecular complexity index is 620. The van der Waals surface area contributed by atoms with Crippen molar-refractivity contribution in [3.05, 3.63) is 36.4 Å². The number of hydrogen-bond donors (Lipinski definition) is 2. The zero-order valence-corrected chi connectivity index (χ0v) is 14.5. The fourth-order valence-corrected chi connectivity index (χ4v) is 3.02. The third-order valence-electron chi connectivity index (χ3n) is 4.41. The first-order valence-corrected chi connectivity index (χ1v) is 8.46. The van der Waals surface area contributed by atoms with E-state index in [1.165, 1.54) is 0 Å². The molecular formula is C19H25NO5. The summed E-state index contributed by atoms with van der Waals surface area (Å²) in [7, 11) is 1.56. The van der Waals surface area contributed by atoms with Crippen LogP contribution in [0.5, 0.6) is 11.5 Å². The average molecular weight is 347 g/mol. The van der Waals surface area contributed by atoms with E-state index in [0.29, 0.717) is 37.2 Å². The number of methoxy groups -OCH3 is 1. The first-order chi connectivity index (χ1) is 12.0. The molecule has 0 aliphatic heterocycles. The van der Waals surface area contributed by atoms with E-state index < -0.39 is 5.97 Å². The van der Waals surface area contributed by atoms with Crippen LogP contribution in [0.15, 0.2) is 30.9 Å². The van der Waals surface area contributed by atoms with Crippen molar-refractivity contribution in [2.45, 2.75) is 38.1 Å². The number of carbonyl (C=O) groups is 2. The molecule has 25 heavy (non-hydrogen) atoms. The SMILES string of the molecule is C=CCc1ccc(OCC(=O)NC2CCC(C(=O)O)CC2)c(OC)c1. The molecule has 0 unspecified atom stereocenters. The number of allylic oxidation sites excluding steroid dienone is 1. The van der Waals surface area contributed by atoms with Gasteiger partial charge in [0.05, 0.1) is 13.0 Å². The molecular weight excluding hydrogens is 322 g/mol. The fourth-order valence-electron chi connectivity index (χ4n) is 3.02. The van der Waals surface area contributed by atoms with E-state index >= 15 is 0 Å². The Labute approximate surface area is 147 Å². The summed E-state index contributed by atoms with van der Waals surface area (Å²) in [5, 5.41) is 11.9. The smallest absolute Gasteiger partial charge is 0.306 e. The Morgan fingerprint density at radius 2 is 2.00 bits per heavy atom. The second-order valence-corrected chi connectivity index (χ2v) is 6.22. The molecule has 6 nitrogen and oxygen atoms in total. The maximum Gasteiger partial charge on any atom is 0.306 e. The molecule has 1 saturated carbocycles. The molecule has 0 spiro atoms. The Morgan fingerprint density at radius 3 is 2.60 bits per heavy atom. The van der Waals surface area contributed by atoms with Gasteiger partial charge < -0.3 is 19.9 Å². The Balaban J connectivity index is 1.82. The Hall–Kier alpha value is -2.50. The highest BCUT2D eigenvalue weighted by molar-refractivity contribution is 5.78. The number of aliphatic carboxylic acids is 1. The van der Waals surface area contributed by atoms with Gasteiger partial charge in [0.1, 0.15) is 0 Å². The van der Waals surface area contributed by atoms with Gasteiger partial charge in [0, 0.05) is 6.04 Å². The van der Waals surface area contributed by atoms with Gasteiger partial charge in [-0.2, -0.15) is 0 Å². The van der Waals surface area contributed by atoms with Crippen LogP contribution >= 0.6 is 0 Å². The van der Waals surface area contributed by atoms with Gasteiger partial charge >= 0.3 is 5.97 Å². The molecule has 0 saturated heterocycles. The second kappa shape index (κ2) is 9.11. The van der Waals surface area contributed by atoms with Gasteiger partial charge in [-0.15, -0.1) is 6.58 Å². The number of benzene rings is 1. The van der Waals surface area contributed by atoms with Crippen LogP contribution in [0.2, 0.25) is 0 Å². The molecule has 0 radical (unpaired) electrons. The highest BCUT2D eigenvalue weighted by Crippen LogP contribution is 2.28. The van der Waals surface area contributed by atoms with Crippen molar-refractivity contribution in [2.75, 3.05) is 13.7 Å². The molecule has 1 aromatic carbocycles. The van der Waals surface area contributed by atoms with Gasteiger partial charge in [-0.05, 0) is 49.8 Å². The molecule has 1 aliphatic rings. The number of nitrogens with one attached hydrogen (secondary N) is 1. The highest BCUT2D eigenvalue weighted by Gasteiger charge is 2.26. The zero-order chi connectivity index (χ0) is 18.2. The van der Waals surface area contributed by atoms with E-state index in [2.05, 4.69) is 11.9 Å². The van der Waals surface area contributed by atoms with E-state index in [1.807, 2.05) is 18.2 Å². The summed E-state index contributed by atoms with van der Waals surface area (Å²) < 4.78 is 10.9. The zero-order valence-electron chi connectivity index (χ0n) is 14.5. The van der Waals surface area contributed by atoms with Crippen molar-refractivity contribution in [3.8, 4) is 11.5 Å². The van der Waals surface area contributed by atoms with Gasteiger partial charge in [0.15, 0.2) is 18.1 Å². The number of amides is 1. The quantitative estimate of drug-likeness (QED) is 0.706. The number of carbonyl (C=O) groups excluding carboxylic acids is 1. The minimum absolute atomic E-state index is 0.0172. The number of carboxylic acid groups (broad SMARTS) is 1. The maximum atomic E-state index is 12.1. The summed E-state index contributed by atoms with van der Waals surface area (Å²) in [6.45, 7) is 3.60. The van der Waals surface area contributed by atoms with Crippen molar-refractivity contribution in [1.82, 2.24) is 5.32 Å². The molecule has 1 amide bonds. The van der Waals surface area contributed by atoms with Crippen molar-refractivity contribution >= 4 is 11.9 Å². The summed E-state index contributed by atoms with van der Waals surface area (Å²) in [6.07, 6.45) is 5.10. The van der Waals surface area contributed by atoms with E-state index in [-0.39, 0.29) is 24.5 Å². The average Bonchev–Trinajstić information content (AvgIpc) is 2.61. The lowest BCUT2D eigenvalue weighted by Gasteiger charge is -2.26.